The van der Waals surface area contributed by atoms with Crippen LogP contribution in [0.4, 0.5) is 22.0 Å². The zero-order chi connectivity index (χ0) is 11.6. The highest BCUT2D eigenvalue weighted by Crippen LogP contribution is 2.36. The van der Waals surface area contributed by atoms with Crippen molar-refractivity contribution in [1.82, 2.24) is 4.98 Å². The van der Waals surface area contributed by atoms with Gasteiger partial charge in [0.25, 0.3) is 6.43 Å². The highest BCUT2D eigenvalue weighted by atomic mass is 19.4. The molecule has 15 heavy (non-hydrogen) atoms. The van der Waals surface area contributed by atoms with E-state index in [0.717, 1.165) is 0 Å². The molecule has 0 aliphatic carbocycles. The maximum atomic E-state index is 12.3. The SMILES string of the molecule is NCc1cc(C(F)(F)F)c(C(F)F)cn1. The van der Waals surface area contributed by atoms with Crippen LogP contribution in [-0.2, 0) is 12.7 Å². The summed E-state index contributed by atoms with van der Waals surface area (Å²) in [5.74, 6) is 0. The van der Waals surface area contributed by atoms with Crippen molar-refractivity contribution in [3.8, 4) is 0 Å². The van der Waals surface area contributed by atoms with E-state index in [1.165, 1.54) is 0 Å². The Morgan fingerprint density at radius 2 is 1.93 bits per heavy atom. The monoisotopic (exact) mass is 226 g/mol. The van der Waals surface area contributed by atoms with E-state index in [4.69, 9.17) is 5.73 Å². The van der Waals surface area contributed by atoms with Crippen molar-refractivity contribution >= 4 is 0 Å². The van der Waals surface area contributed by atoms with Crippen molar-refractivity contribution in [2.45, 2.75) is 19.1 Å². The van der Waals surface area contributed by atoms with Gasteiger partial charge in [-0.15, -0.1) is 0 Å². The lowest BCUT2D eigenvalue weighted by Crippen LogP contribution is -2.12. The second-order valence-corrected chi connectivity index (χ2v) is 2.77. The topological polar surface area (TPSA) is 38.9 Å². The van der Waals surface area contributed by atoms with Gasteiger partial charge in [0.05, 0.1) is 11.3 Å². The summed E-state index contributed by atoms with van der Waals surface area (Å²) in [4.78, 5) is 3.39. The first-order valence-electron chi connectivity index (χ1n) is 3.90. The molecular weight excluding hydrogens is 219 g/mol. The summed E-state index contributed by atoms with van der Waals surface area (Å²) in [5.41, 5.74) is 2.49. The van der Waals surface area contributed by atoms with E-state index in [1.807, 2.05) is 0 Å². The lowest BCUT2D eigenvalue weighted by atomic mass is 10.1. The van der Waals surface area contributed by atoms with Gasteiger partial charge in [-0.1, -0.05) is 0 Å². The zero-order valence-corrected chi connectivity index (χ0v) is 7.35. The fourth-order valence-corrected chi connectivity index (χ4v) is 1.04. The lowest BCUT2D eigenvalue weighted by molar-refractivity contribution is -0.139. The molecule has 1 aromatic rings. The molecule has 2 N–H and O–H groups in total. The second-order valence-electron chi connectivity index (χ2n) is 2.77. The number of aromatic nitrogens is 1. The van der Waals surface area contributed by atoms with E-state index >= 15 is 0 Å². The highest BCUT2D eigenvalue weighted by Gasteiger charge is 2.36. The molecule has 0 unspecified atom stereocenters. The first-order valence-corrected chi connectivity index (χ1v) is 3.90. The Labute approximate surface area is 81.9 Å². The minimum atomic E-state index is -4.82. The van der Waals surface area contributed by atoms with Crippen LogP contribution in [0.15, 0.2) is 12.3 Å². The average molecular weight is 226 g/mol. The second kappa shape index (κ2) is 4.09. The molecule has 0 bridgehead atoms. The van der Waals surface area contributed by atoms with E-state index in [-0.39, 0.29) is 12.2 Å². The van der Waals surface area contributed by atoms with Gasteiger partial charge in [0.15, 0.2) is 0 Å². The molecule has 0 saturated heterocycles. The first kappa shape index (κ1) is 11.8. The summed E-state index contributed by atoms with van der Waals surface area (Å²) < 4.78 is 61.4. The molecule has 1 heterocycles. The summed E-state index contributed by atoms with van der Waals surface area (Å²) in [6, 6.07) is 0.543. The molecule has 0 fully saturated rings. The summed E-state index contributed by atoms with van der Waals surface area (Å²) >= 11 is 0. The number of alkyl halides is 5. The maximum Gasteiger partial charge on any atom is 0.417 e. The van der Waals surface area contributed by atoms with Gasteiger partial charge in [0, 0.05) is 18.3 Å². The number of hydrogen-bond acceptors (Lipinski definition) is 2. The van der Waals surface area contributed by atoms with Crippen LogP contribution in [0.3, 0.4) is 0 Å². The minimum Gasteiger partial charge on any atom is -0.325 e. The quantitative estimate of drug-likeness (QED) is 0.787. The smallest absolute Gasteiger partial charge is 0.325 e. The number of halogens is 5. The molecule has 0 saturated carbocycles. The summed E-state index contributed by atoms with van der Waals surface area (Å²) in [7, 11) is 0. The van der Waals surface area contributed by atoms with Crippen LogP contribution in [0.1, 0.15) is 23.2 Å². The molecule has 0 spiro atoms. The van der Waals surface area contributed by atoms with Gasteiger partial charge in [0.1, 0.15) is 0 Å². The molecule has 0 atom stereocenters. The van der Waals surface area contributed by atoms with Crippen LogP contribution in [0.2, 0.25) is 0 Å². The number of pyridine rings is 1. The van der Waals surface area contributed by atoms with E-state index in [1.54, 1.807) is 0 Å². The Balaban J connectivity index is 3.29. The third-order valence-corrected chi connectivity index (χ3v) is 1.74. The van der Waals surface area contributed by atoms with E-state index in [9.17, 15) is 22.0 Å². The number of hydrogen-bond donors (Lipinski definition) is 1. The Hall–Kier alpha value is -1.24. The number of nitrogens with zero attached hydrogens (tertiary/aromatic N) is 1. The van der Waals surface area contributed by atoms with Crippen molar-refractivity contribution in [2.24, 2.45) is 5.73 Å². The molecule has 0 amide bonds. The Bertz CT molecular complexity index is 347. The van der Waals surface area contributed by atoms with Gasteiger partial charge >= 0.3 is 6.18 Å². The number of rotatable bonds is 2. The van der Waals surface area contributed by atoms with Crippen LogP contribution < -0.4 is 5.73 Å². The van der Waals surface area contributed by atoms with Crippen molar-refractivity contribution in [3.05, 3.63) is 29.1 Å². The molecule has 2 nitrogen and oxygen atoms in total. The van der Waals surface area contributed by atoms with E-state index in [2.05, 4.69) is 4.98 Å². The van der Waals surface area contributed by atoms with Crippen LogP contribution in [-0.4, -0.2) is 4.98 Å². The van der Waals surface area contributed by atoms with Crippen molar-refractivity contribution in [2.75, 3.05) is 0 Å². The van der Waals surface area contributed by atoms with Crippen molar-refractivity contribution in [3.63, 3.8) is 0 Å². The third-order valence-electron chi connectivity index (χ3n) is 1.74. The molecule has 1 aromatic heterocycles. The molecular formula is C8H7F5N2. The first-order chi connectivity index (χ1) is 6.86. The summed E-state index contributed by atoms with van der Waals surface area (Å²) in [6.45, 7) is -0.230. The zero-order valence-electron chi connectivity index (χ0n) is 7.35. The minimum absolute atomic E-state index is 0.0771. The van der Waals surface area contributed by atoms with Gasteiger partial charge in [0.2, 0.25) is 0 Å². The fourth-order valence-electron chi connectivity index (χ4n) is 1.04. The standard InChI is InChI=1S/C8H7F5N2/c9-7(10)5-3-15-4(2-14)1-6(5)8(11,12)13/h1,3,7H,2,14H2. The van der Waals surface area contributed by atoms with Gasteiger partial charge < -0.3 is 5.73 Å². The predicted molar refractivity (Wildman–Crippen MR) is 42.1 cm³/mol. The predicted octanol–water partition coefficient (Wildman–Crippen LogP) is 2.50. The Morgan fingerprint density at radius 1 is 1.33 bits per heavy atom. The van der Waals surface area contributed by atoms with E-state index < -0.39 is 23.7 Å². The van der Waals surface area contributed by atoms with Crippen LogP contribution in [0, 0.1) is 0 Å². The lowest BCUT2D eigenvalue weighted by Gasteiger charge is -2.12. The van der Waals surface area contributed by atoms with Gasteiger partial charge in [-0.05, 0) is 6.07 Å². The van der Waals surface area contributed by atoms with E-state index in [0.29, 0.717) is 12.3 Å². The molecule has 0 radical (unpaired) electrons. The molecule has 0 aliphatic heterocycles. The van der Waals surface area contributed by atoms with Crippen molar-refractivity contribution < 1.29 is 22.0 Å². The number of nitrogens with two attached hydrogens (primary N) is 1. The van der Waals surface area contributed by atoms with Crippen LogP contribution >= 0.6 is 0 Å². The fraction of sp³-hybridized carbons (Fsp3) is 0.375. The molecule has 84 valence electrons. The normalized spacial score (nSPS) is 12.2. The summed E-state index contributed by atoms with van der Waals surface area (Å²) in [5, 5.41) is 0. The Kier molecular flexibility index (Phi) is 3.23. The van der Waals surface area contributed by atoms with Crippen molar-refractivity contribution in [1.29, 1.82) is 0 Å². The third kappa shape index (κ3) is 2.62. The molecule has 7 heteroatoms. The molecule has 1 rings (SSSR count). The highest BCUT2D eigenvalue weighted by molar-refractivity contribution is 5.30. The van der Waals surface area contributed by atoms with Gasteiger partial charge in [-0.25, -0.2) is 8.78 Å². The van der Waals surface area contributed by atoms with Gasteiger partial charge in [-0.2, -0.15) is 13.2 Å². The van der Waals surface area contributed by atoms with Gasteiger partial charge in [-0.3, -0.25) is 4.98 Å². The molecule has 0 aliphatic rings. The largest absolute Gasteiger partial charge is 0.417 e. The maximum absolute atomic E-state index is 12.3. The molecule has 0 aromatic carbocycles. The average Bonchev–Trinajstić information content (AvgIpc) is 2.15. The van der Waals surface area contributed by atoms with Crippen LogP contribution in [0.25, 0.3) is 0 Å². The van der Waals surface area contributed by atoms with Crippen LogP contribution in [0.5, 0.6) is 0 Å². The Morgan fingerprint density at radius 3 is 2.33 bits per heavy atom. The summed E-state index contributed by atoms with van der Waals surface area (Å²) in [6.07, 6.45) is -7.52.